The summed E-state index contributed by atoms with van der Waals surface area (Å²) in [7, 11) is 0. The van der Waals surface area contributed by atoms with Crippen LogP contribution in [0.3, 0.4) is 0 Å². The second-order valence-corrected chi connectivity index (χ2v) is 2.42. The second-order valence-electron chi connectivity index (χ2n) is 2.42. The van der Waals surface area contributed by atoms with Crippen molar-refractivity contribution in [3.05, 3.63) is 29.8 Å². The van der Waals surface area contributed by atoms with E-state index in [1.807, 2.05) is 0 Å². The van der Waals surface area contributed by atoms with Gasteiger partial charge >= 0.3 is 0 Å². The lowest BCUT2D eigenvalue weighted by molar-refractivity contribution is 0.187. The summed E-state index contributed by atoms with van der Waals surface area (Å²) in [6.45, 7) is 0.226. The van der Waals surface area contributed by atoms with E-state index in [0.717, 1.165) is 5.56 Å². The second kappa shape index (κ2) is 3.37. The van der Waals surface area contributed by atoms with Crippen molar-refractivity contribution in [1.29, 1.82) is 0 Å². The molecule has 0 saturated carbocycles. The van der Waals surface area contributed by atoms with Gasteiger partial charge in [-0.2, -0.15) is 0 Å². The average Bonchev–Trinajstić information content (AvgIpc) is 2.03. The van der Waals surface area contributed by atoms with E-state index in [2.05, 4.69) is 0 Å². The maximum absolute atomic E-state index is 9.27. The van der Waals surface area contributed by atoms with E-state index in [0.29, 0.717) is 5.69 Å². The van der Waals surface area contributed by atoms with E-state index in [1.54, 1.807) is 24.3 Å². The third-order valence-electron chi connectivity index (χ3n) is 1.52. The number of nitrogen functional groups attached to an aromatic ring is 1. The molecule has 5 N–H and O–H groups in total. The van der Waals surface area contributed by atoms with Gasteiger partial charge in [-0.15, -0.1) is 0 Å². The van der Waals surface area contributed by atoms with Crippen LogP contribution in [0.1, 0.15) is 11.7 Å². The molecule has 0 saturated heterocycles. The lowest BCUT2D eigenvalue weighted by Gasteiger charge is -2.07. The van der Waals surface area contributed by atoms with Crippen molar-refractivity contribution in [2.24, 2.45) is 5.73 Å². The van der Waals surface area contributed by atoms with Crippen molar-refractivity contribution in [3.63, 3.8) is 0 Å². The summed E-state index contributed by atoms with van der Waals surface area (Å²) in [5, 5.41) is 9.27. The Bertz CT molecular complexity index is 237. The van der Waals surface area contributed by atoms with E-state index in [9.17, 15) is 5.11 Å². The van der Waals surface area contributed by atoms with Gasteiger partial charge in [-0.05, 0) is 17.7 Å². The molecule has 0 aliphatic carbocycles. The van der Waals surface area contributed by atoms with Gasteiger partial charge in [0.05, 0.1) is 6.10 Å². The first-order valence-corrected chi connectivity index (χ1v) is 3.47. The first-order valence-electron chi connectivity index (χ1n) is 3.47. The predicted octanol–water partition coefficient (Wildman–Crippen LogP) is 0.261. The van der Waals surface area contributed by atoms with Crippen LogP contribution in [0.25, 0.3) is 0 Å². The predicted molar refractivity (Wildman–Crippen MR) is 44.9 cm³/mol. The molecule has 0 fully saturated rings. The highest BCUT2D eigenvalue weighted by Crippen LogP contribution is 2.13. The molecule has 3 heteroatoms. The molecule has 0 aliphatic rings. The fourth-order valence-electron chi connectivity index (χ4n) is 0.902. The van der Waals surface area contributed by atoms with Crippen molar-refractivity contribution >= 4 is 5.69 Å². The fourth-order valence-corrected chi connectivity index (χ4v) is 0.902. The largest absolute Gasteiger partial charge is 0.399 e. The molecule has 1 aromatic rings. The van der Waals surface area contributed by atoms with Crippen LogP contribution in [0.5, 0.6) is 0 Å². The van der Waals surface area contributed by atoms with Crippen LogP contribution < -0.4 is 11.5 Å². The Labute approximate surface area is 65.6 Å². The van der Waals surface area contributed by atoms with Gasteiger partial charge < -0.3 is 16.6 Å². The Morgan fingerprint density at radius 3 is 2.73 bits per heavy atom. The minimum absolute atomic E-state index is 0.226. The Balaban J connectivity index is 2.86. The molecule has 0 aromatic heterocycles. The molecule has 1 atom stereocenters. The summed E-state index contributed by atoms with van der Waals surface area (Å²) in [4.78, 5) is 0. The van der Waals surface area contributed by atoms with Crippen molar-refractivity contribution in [2.45, 2.75) is 6.10 Å². The van der Waals surface area contributed by atoms with Gasteiger partial charge in [-0.3, -0.25) is 0 Å². The molecule has 11 heavy (non-hydrogen) atoms. The quantitative estimate of drug-likeness (QED) is 0.532. The van der Waals surface area contributed by atoms with Crippen molar-refractivity contribution in [2.75, 3.05) is 12.3 Å². The molecule has 0 heterocycles. The molecule has 0 radical (unpaired) electrons. The SMILES string of the molecule is NCC(O)c1cccc(N)c1. The lowest BCUT2D eigenvalue weighted by Crippen LogP contribution is -2.11. The van der Waals surface area contributed by atoms with Crippen LogP contribution >= 0.6 is 0 Å². The monoisotopic (exact) mass is 152 g/mol. The smallest absolute Gasteiger partial charge is 0.0912 e. The number of nitrogens with two attached hydrogens (primary N) is 2. The van der Waals surface area contributed by atoms with Gasteiger partial charge in [0.1, 0.15) is 0 Å². The van der Waals surface area contributed by atoms with Crippen molar-refractivity contribution in [3.8, 4) is 0 Å². The van der Waals surface area contributed by atoms with E-state index in [-0.39, 0.29) is 6.54 Å². The topological polar surface area (TPSA) is 72.3 Å². The maximum Gasteiger partial charge on any atom is 0.0912 e. The van der Waals surface area contributed by atoms with E-state index < -0.39 is 6.10 Å². The molecule has 0 aliphatic heterocycles. The van der Waals surface area contributed by atoms with Crippen LogP contribution in [-0.4, -0.2) is 11.7 Å². The highest BCUT2D eigenvalue weighted by molar-refractivity contribution is 5.41. The summed E-state index contributed by atoms with van der Waals surface area (Å²) < 4.78 is 0. The van der Waals surface area contributed by atoms with Gasteiger partial charge in [0.25, 0.3) is 0 Å². The van der Waals surface area contributed by atoms with Gasteiger partial charge in [-0.25, -0.2) is 0 Å². The van der Waals surface area contributed by atoms with Crippen LogP contribution in [-0.2, 0) is 0 Å². The Kier molecular flexibility index (Phi) is 2.46. The molecule has 0 bridgehead atoms. The summed E-state index contributed by atoms with van der Waals surface area (Å²) in [6.07, 6.45) is -0.599. The molecular formula is C8H12N2O. The highest BCUT2D eigenvalue weighted by atomic mass is 16.3. The third-order valence-corrected chi connectivity index (χ3v) is 1.52. The van der Waals surface area contributed by atoms with E-state index in [1.165, 1.54) is 0 Å². The number of aliphatic hydroxyl groups is 1. The molecule has 1 aromatic carbocycles. The number of benzene rings is 1. The van der Waals surface area contributed by atoms with Crippen molar-refractivity contribution < 1.29 is 5.11 Å². The molecule has 0 amide bonds. The zero-order valence-electron chi connectivity index (χ0n) is 6.20. The van der Waals surface area contributed by atoms with Crippen LogP contribution in [0.15, 0.2) is 24.3 Å². The Hall–Kier alpha value is -1.06. The Morgan fingerprint density at radius 2 is 2.18 bits per heavy atom. The molecule has 60 valence electrons. The molecule has 0 spiro atoms. The standard InChI is InChI=1S/C8H12N2O/c9-5-8(11)6-2-1-3-7(10)4-6/h1-4,8,11H,5,9-10H2. The molecular weight excluding hydrogens is 140 g/mol. The first-order chi connectivity index (χ1) is 5.24. The number of hydrogen-bond donors (Lipinski definition) is 3. The minimum Gasteiger partial charge on any atom is -0.399 e. The molecule has 1 unspecified atom stereocenters. The van der Waals surface area contributed by atoms with Crippen LogP contribution in [0, 0.1) is 0 Å². The zero-order valence-corrected chi connectivity index (χ0v) is 6.20. The average molecular weight is 152 g/mol. The van der Waals surface area contributed by atoms with Gasteiger partial charge in [0, 0.05) is 12.2 Å². The third kappa shape index (κ3) is 1.93. The van der Waals surface area contributed by atoms with Gasteiger partial charge in [-0.1, -0.05) is 12.1 Å². The van der Waals surface area contributed by atoms with Gasteiger partial charge in [0.2, 0.25) is 0 Å². The van der Waals surface area contributed by atoms with Gasteiger partial charge in [0.15, 0.2) is 0 Å². The summed E-state index contributed by atoms with van der Waals surface area (Å²) in [6, 6.07) is 7.09. The summed E-state index contributed by atoms with van der Waals surface area (Å²) >= 11 is 0. The van der Waals surface area contributed by atoms with Crippen LogP contribution in [0.2, 0.25) is 0 Å². The number of anilines is 1. The fraction of sp³-hybridized carbons (Fsp3) is 0.250. The molecule has 3 nitrogen and oxygen atoms in total. The highest BCUT2D eigenvalue weighted by Gasteiger charge is 2.03. The summed E-state index contributed by atoms with van der Waals surface area (Å²) in [5.41, 5.74) is 12.2. The van der Waals surface area contributed by atoms with E-state index >= 15 is 0 Å². The van der Waals surface area contributed by atoms with Crippen molar-refractivity contribution in [1.82, 2.24) is 0 Å². The number of hydrogen-bond acceptors (Lipinski definition) is 3. The zero-order chi connectivity index (χ0) is 8.27. The first kappa shape index (κ1) is 8.04. The van der Waals surface area contributed by atoms with Crippen LogP contribution in [0.4, 0.5) is 5.69 Å². The molecule has 1 rings (SSSR count). The normalized spacial score (nSPS) is 12.9. The lowest BCUT2D eigenvalue weighted by atomic mass is 10.1. The minimum atomic E-state index is -0.599. The summed E-state index contributed by atoms with van der Waals surface area (Å²) in [5.74, 6) is 0. The number of rotatable bonds is 2. The number of aliphatic hydroxyl groups excluding tert-OH is 1. The maximum atomic E-state index is 9.27. The Morgan fingerprint density at radius 1 is 1.45 bits per heavy atom. The van der Waals surface area contributed by atoms with E-state index in [4.69, 9.17) is 11.5 Å².